The Labute approximate surface area is 188 Å². The number of carbonyl (C=O) groups excluding carboxylic acids is 1. The van der Waals surface area contributed by atoms with Gasteiger partial charge in [-0.3, -0.25) is 14.2 Å². The van der Waals surface area contributed by atoms with Crippen LogP contribution in [0.4, 0.5) is 4.39 Å². The summed E-state index contributed by atoms with van der Waals surface area (Å²) in [6.45, 7) is 0.753. The van der Waals surface area contributed by atoms with Crippen LogP contribution in [0.25, 0.3) is 21.8 Å². The fraction of sp³-hybridized carbons (Fsp3) is 0.120. The molecule has 0 radical (unpaired) electrons. The molecule has 0 unspecified atom stereocenters. The van der Waals surface area contributed by atoms with Gasteiger partial charge in [-0.25, -0.2) is 14.1 Å². The molecule has 0 bridgehead atoms. The van der Waals surface area contributed by atoms with Crippen LogP contribution in [0, 0.1) is 5.82 Å². The molecule has 1 N–H and O–H groups in total. The third kappa shape index (κ3) is 3.98. The van der Waals surface area contributed by atoms with Gasteiger partial charge in [0.1, 0.15) is 17.5 Å². The Kier molecular flexibility index (Phi) is 5.40. The minimum absolute atomic E-state index is 0.0840. The van der Waals surface area contributed by atoms with Crippen molar-refractivity contribution >= 4 is 27.7 Å². The number of fused-ring (bicyclic) bond motifs is 2. The van der Waals surface area contributed by atoms with Gasteiger partial charge in [0.25, 0.3) is 11.5 Å². The molecule has 1 amide bonds. The molecule has 0 atom stereocenters. The molecule has 33 heavy (non-hydrogen) atoms. The quantitative estimate of drug-likeness (QED) is 0.438. The van der Waals surface area contributed by atoms with Crippen molar-refractivity contribution in [2.75, 3.05) is 6.54 Å². The molecule has 5 aromatic rings. The van der Waals surface area contributed by atoms with Crippen LogP contribution in [0.5, 0.6) is 0 Å². The summed E-state index contributed by atoms with van der Waals surface area (Å²) in [5.74, 6) is -0.550. The van der Waals surface area contributed by atoms with E-state index in [-0.39, 0.29) is 23.8 Å². The average Bonchev–Trinajstić information content (AvgIpc) is 3.25. The molecule has 3 aromatic carbocycles. The fourth-order valence-electron chi connectivity index (χ4n) is 3.88. The zero-order valence-corrected chi connectivity index (χ0v) is 17.6. The zero-order valence-electron chi connectivity index (χ0n) is 17.6. The topological polar surface area (TPSA) is 81.8 Å². The Bertz CT molecular complexity index is 1530. The van der Waals surface area contributed by atoms with E-state index in [0.29, 0.717) is 35.2 Å². The summed E-state index contributed by atoms with van der Waals surface area (Å²) in [6, 6.07) is 19.6. The van der Waals surface area contributed by atoms with E-state index in [1.165, 1.54) is 23.2 Å². The highest BCUT2D eigenvalue weighted by atomic mass is 19.1. The molecule has 8 heteroatoms. The lowest BCUT2D eigenvalue weighted by molar-refractivity contribution is 0.0953. The van der Waals surface area contributed by atoms with Crippen molar-refractivity contribution < 1.29 is 9.18 Å². The molecule has 0 aliphatic rings. The van der Waals surface area contributed by atoms with E-state index in [2.05, 4.69) is 15.4 Å². The second-order valence-electron chi connectivity index (χ2n) is 7.66. The maximum absolute atomic E-state index is 14.0. The van der Waals surface area contributed by atoms with Crippen molar-refractivity contribution in [1.29, 1.82) is 0 Å². The standard InChI is InChI=1S/C25H20FN5O2/c26-22-11-4-2-7-18(22)15-30-16-28-23-21(25(30)33)14-29-31(23)13-12-27-24(32)20-10-5-8-17-6-1-3-9-19(17)20/h1-11,14,16H,12-13,15H2,(H,27,32). The van der Waals surface area contributed by atoms with E-state index in [1.54, 1.807) is 28.9 Å². The monoisotopic (exact) mass is 441 g/mol. The number of aromatic nitrogens is 4. The van der Waals surface area contributed by atoms with Crippen LogP contribution in [0.15, 0.2) is 84.0 Å². The minimum atomic E-state index is -0.373. The summed E-state index contributed by atoms with van der Waals surface area (Å²) in [4.78, 5) is 29.9. The van der Waals surface area contributed by atoms with Gasteiger partial charge in [0.15, 0.2) is 5.65 Å². The highest BCUT2D eigenvalue weighted by molar-refractivity contribution is 6.06. The molecule has 164 valence electrons. The number of halogens is 1. The van der Waals surface area contributed by atoms with Crippen molar-refractivity contribution in [1.82, 2.24) is 24.6 Å². The smallest absolute Gasteiger partial charge is 0.264 e. The van der Waals surface area contributed by atoms with Gasteiger partial charge in [-0.15, -0.1) is 0 Å². The van der Waals surface area contributed by atoms with Crippen LogP contribution in [-0.4, -0.2) is 31.8 Å². The first-order valence-electron chi connectivity index (χ1n) is 10.5. The van der Waals surface area contributed by atoms with Crippen molar-refractivity contribution in [2.45, 2.75) is 13.1 Å². The summed E-state index contributed by atoms with van der Waals surface area (Å²) in [5, 5.41) is 9.39. The third-order valence-electron chi connectivity index (χ3n) is 5.56. The van der Waals surface area contributed by atoms with Gasteiger partial charge < -0.3 is 5.32 Å². The zero-order chi connectivity index (χ0) is 22.8. The largest absolute Gasteiger partial charge is 0.350 e. The normalized spacial score (nSPS) is 11.2. The van der Waals surface area contributed by atoms with Crippen LogP contribution in [0.1, 0.15) is 15.9 Å². The molecular weight excluding hydrogens is 421 g/mol. The van der Waals surface area contributed by atoms with Crippen LogP contribution >= 0.6 is 0 Å². The number of carbonyl (C=O) groups is 1. The lowest BCUT2D eigenvalue weighted by Gasteiger charge is -2.09. The molecule has 0 aliphatic heterocycles. The van der Waals surface area contributed by atoms with Crippen molar-refractivity contribution in [2.24, 2.45) is 0 Å². The first kappa shape index (κ1) is 20.6. The Morgan fingerprint density at radius 3 is 2.64 bits per heavy atom. The summed E-state index contributed by atoms with van der Waals surface area (Å²) >= 11 is 0. The maximum Gasteiger partial charge on any atom is 0.264 e. The van der Waals surface area contributed by atoms with Crippen molar-refractivity contribution in [3.63, 3.8) is 0 Å². The van der Waals surface area contributed by atoms with E-state index in [0.717, 1.165) is 10.8 Å². The molecule has 2 heterocycles. The Morgan fingerprint density at radius 1 is 0.970 bits per heavy atom. The van der Waals surface area contributed by atoms with Crippen LogP contribution < -0.4 is 10.9 Å². The minimum Gasteiger partial charge on any atom is -0.350 e. The van der Waals surface area contributed by atoms with Gasteiger partial charge in [0.05, 0.1) is 19.3 Å². The Morgan fingerprint density at radius 2 is 1.76 bits per heavy atom. The maximum atomic E-state index is 14.0. The lowest BCUT2D eigenvalue weighted by atomic mass is 10.0. The summed E-state index contributed by atoms with van der Waals surface area (Å²) in [6.07, 6.45) is 2.85. The van der Waals surface area contributed by atoms with E-state index in [1.807, 2.05) is 36.4 Å². The SMILES string of the molecule is O=C(NCCn1ncc2c(=O)n(Cc3ccccc3F)cnc21)c1cccc2ccccc12. The van der Waals surface area contributed by atoms with Gasteiger partial charge in [-0.1, -0.05) is 54.6 Å². The number of hydrogen-bond donors (Lipinski definition) is 1. The first-order valence-corrected chi connectivity index (χ1v) is 10.5. The van der Waals surface area contributed by atoms with E-state index < -0.39 is 0 Å². The van der Waals surface area contributed by atoms with Gasteiger partial charge >= 0.3 is 0 Å². The predicted octanol–water partition coefficient (Wildman–Crippen LogP) is 3.36. The lowest BCUT2D eigenvalue weighted by Crippen LogP contribution is -2.28. The van der Waals surface area contributed by atoms with E-state index in [4.69, 9.17) is 0 Å². The molecule has 2 aromatic heterocycles. The van der Waals surface area contributed by atoms with E-state index >= 15 is 0 Å². The van der Waals surface area contributed by atoms with E-state index in [9.17, 15) is 14.0 Å². The highest BCUT2D eigenvalue weighted by Gasteiger charge is 2.13. The van der Waals surface area contributed by atoms with Gasteiger partial charge in [-0.05, 0) is 22.9 Å². The van der Waals surface area contributed by atoms with Crippen LogP contribution in [-0.2, 0) is 13.1 Å². The Hall–Kier alpha value is -4.33. The summed E-state index contributed by atoms with van der Waals surface area (Å²) in [7, 11) is 0. The molecular formula is C25H20FN5O2. The highest BCUT2D eigenvalue weighted by Crippen LogP contribution is 2.18. The number of amides is 1. The summed E-state index contributed by atoms with van der Waals surface area (Å²) < 4.78 is 16.9. The van der Waals surface area contributed by atoms with Crippen molar-refractivity contribution in [3.8, 4) is 0 Å². The number of benzene rings is 3. The summed E-state index contributed by atoms with van der Waals surface area (Å²) in [5.41, 5.74) is 1.13. The molecule has 0 fully saturated rings. The number of rotatable bonds is 6. The second kappa shape index (κ2) is 8.66. The number of nitrogens with zero attached hydrogens (tertiary/aromatic N) is 4. The van der Waals surface area contributed by atoms with Crippen LogP contribution in [0.3, 0.4) is 0 Å². The Balaban J connectivity index is 1.31. The van der Waals surface area contributed by atoms with Crippen LogP contribution in [0.2, 0.25) is 0 Å². The first-order chi connectivity index (χ1) is 16.1. The molecule has 7 nitrogen and oxygen atoms in total. The second-order valence-corrected chi connectivity index (χ2v) is 7.66. The fourth-order valence-corrected chi connectivity index (χ4v) is 3.88. The molecule has 0 saturated carbocycles. The third-order valence-corrected chi connectivity index (χ3v) is 5.56. The predicted molar refractivity (Wildman–Crippen MR) is 124 cm³/mol. The van der Waals surface area contributed by atoms with Crippen molar-refractivity contribution in [3.05, 3.63) is 107 Å². The molecule has 5 rings (SSSR count). The van der Waals surface area contributed by atoms with Gasteiger partial charge in [0.2, 0.25) is 0 Å². The van der Waals surface area contributed by atoms with Gasteiger partial charge in [-0.2, -0.15) is 5.10 Å². The van der Waals surface area contributed by atoms with Gasteiger partial charge in [0, 0.05) is 17.7 Å². The molecule has 0 saturated heterocycles. The number of hydrogen-bond acceptors (Lipinski definition) is 4. The molecule has 0 aliphatic carbocycles. The molecule has 0 spiro atoms. The number of nitrogens with one attached hydrogen (secondary N) is 1. The average molecular weight is 441 g/mol.